The van der Waals surface area contributed by atoms with Crippen LogP contribution in [-0.2, 0) is 11.2 Å². The minimum absolute atomic E-state index is 0.000203. The summed E-state index contributed by atoms with van der Waals surface area (Å²) in [5.74, 6) is 0.316. The lowest BCUT2D eigenvalue weighted by atomic mass is 9.87. The van der Waals surface area contributed by atoms with Crippen LogP contribution < -0.4 is 10.6 Å². The molecule has 0 bridgehead atoms. The van der Waals surface area contributed by atoms with E-state index in [1.807, 2.05) is 51.1 Å². The molecule has 35 heavy (non-hydrogen) atoms. The maximum absolute atomic E-state index is 12.8. The largest absolute Gasteiger partial charge is 0.344 e. The summed E-state index contributed by atoms with van der Waals surface area (Å²) in [6, 6.07) is 9.70. The van der Waals surface area contributed by atoms with Crippen molar-refractivity contribution in [2.24, 2.45) is 5.41 Å². The Hall–Kier alpha value is -4.03. The highest BCUT2D eigenvalue weighted by Gasteiger charge is 2.26. The molecule has 0 atom stereocenters. The molecule has 0 saturated carbocycles. The van der Waals surface area contributed by atoms with Gasteiger partial charge in [-0.1, -0.05) is 39.0 Å². The van der Waals surface area contributed by atoms with Crippen molar-refractivity contribution in [1.82, 2.24) is 25.2 Å². The summed E-state index contributed by atoms with van der Waals surface area (Å²) in [7, 11) is 0. The third-order valence-corrected chi connectivity index (χ3v) is 5.83. The fraction of sp³-hybridized carbons (Fsp3) is 0.346. The lowest BCUT2D eigenvalue weighted by Crippen LogP contribution is -2.46. The van der Waals surface area contributed by atoms with Gasteiger partial charge in [0.15, 0.2) is 11.4 Å². The van der Waals surface area contributed by atoms with Gasteiger partial charge in [0.2, 0.25) is 0 Å². The standard InChI is InChI=1S/C26H29N7O2/c1-26(2,3)23(34)20-15-29-24-22(20)32-21(16-30-24)31-19-8-5-17(6-9-19)4-7-18(14-27)25(35)33-12-10-28-11-13-33/h5-9,15-16,28H,4,10-13H2,1-3H3,(H,29,30)(H,31,32)/b18-7+. The van der Waals surface area contributed by atoms with E-state index >= 15 is 0 Å². The molecule has 3 aromatic rings. The first kappa shape index (κ1) is 24.1. The zero-order chi connectivity index (χ0) is 25.0. The highest BCUT2D eigenvalue weighted by atomic mass is 16.2. The summed E-state index contributed by atoms with van der Waals surface area (Å²) in [5, 5.41) is 15.9. The van der Waals surface area contributed by atoms with Crippen LogP contribution in [0, 0.1) is 16.7 Å². The highest BCUT2D eigenvalue weighted by molar-refractivity contribution is 6.08. The molecule has 2 aromatic heterocycles. The average molecular weight is 472 g/mol. The van der Waals surface area contributed by atoms with Gasteiger partial charge in [0.25, 0.3) is 5.91 Å². The van der Waals surface area contributed by atoms with Crippen molar-refractivity contribution < 1.29 is 9.59 Å². The van der Waals surface area contributed by atoms with Crippen molar-refractivity contribution in [3.05, 3.63) is 59.4 Å². The second-order valence-electron chi connectivity index (χ2n) is 9.53. The molecule has 0 unspecified atom stereocenters. The molecule has 9 heteroatoms. The summed E-state index contributed by atoms with van der Waals surface area (Å²) in [6.45, 7) is 8.34. The van der Waals surface area contributed by atoms with Gasteiger partial charge in [-0.15, -0.1) is 0 Å². The number of aromatic amines is 1. The van der Waals surface area contributed by atoms with E-state index in [2.05, 4.69) is 25.6 Å². The average Bonchev–Trinajstić information content (AvgIpc) is 3.28. The molecule has 3 heterocycles. The molecule has 9 nitrogen and oxygen atoms in total. The number of amides is 1. The Morgan fingerprint density at radius 3 is 2.57 bits per heavy atom. The third-order valence-electron chi connectivity index (χ3n) is 5.83. The van der Waals surface area contributed by atoms with Crippen LogP contribution in [-0.4, -0.2) is 57.7 Å². The molecule has 0 aliphatic carbocycles. The summed E-state index contributed by atoms with van der Waals surface area (Å²) < 4.78 is 0. The number of nitrogens with one attached hydrogen (secondary N) is 3. The lowest BCUT2D eigenvalue weighted by Gasteiger charge is -2.27. The SMILES string of the molecule is CC(C)(C)C(=O)c1c[nH]c2ncc(Nc3ccc(C/C=C(\C#N)C(=O)N4CCNCC4)cc3)nc12. The smallest absolute Gasteiger partial charge is 0.264 e. The maximum atomic E-state index is 12.8. The van der Waals surface area contributed by atoms with Crippen molar-refractivity contribution in [3.8, 4) is 6.07 Å². The highest BCUT2D eigenvalue weighted by Crippen LogP contribution is 2.26. The normalized spacial score (nSPS) is 14.6. The number of ketones is 1. The molecule has 1 saturated heterocycles. The van der Waals surface area contributed by atoms with Crippen molar-refractivity contribution in [1.29, 1.82) is 5.26 Å². The second-order valence-corrected chi connectivity index (χ2v) is 9.53. The Morgan fingerprint density at radius 2 is 1.91 bits per heavy atom. The number of aromatic nitrogens is 3. The number of piperazine rings is 1. The van der Waals surface area contributed by atoms with E-state index in [0.717, 1.165) is 24.3 Å². The van der Waals surface area contributed by atoms with E-state index < -0.39 is 5.41 Å². The molecule has 1 amide bonds. The van der Waals surface area contributed by atoms with Gasteiger partial charge in [-0.05, 0) is 24.1 Å². The van der Waals surface area contributed by atoms with E-state index in [1.54, 1.807) is 23.4 Å². The molecule has 4 rings (SSSR count). The van der Waals surface area contributed by atoms with E-state index in [-0.39, 0.29) is 17.3 Å². The summed E-state index contributed by atoms with van der Waals surface area (Å²) in [4.78, 5) is 39.0. The monoisotopic (exact) mass is 471 g/mol. The Balaban J connectivity index is 1.44. The number of H-pyrrole nitrogens is 1. The number of benzene rings is 1. The molecule has 1 fully saturated rings. The van der Waals surface area contributed by atoms with Gasteiger partial charge in [-0.2, -0.15) is 5.26 Å². The van der Waals surface area contributed by atoms with E-state index in [1.165, 1.54) is 0 Å². The molecular weight excluding hydrogens is 442 g/mol. The van der Waals surface area contributed by atoms with E-state index in [9.17, 15) is 14.9 Å². The van der Waals surface area contributed by atoms with Gasteiger partial charge in [-0.3, -0.25) is 9.59 Å². The number of hydrogen-bond donors (Lipinski definition) is 3. The number of allylic oxidation sites excluding steroid dienone is 1. The quantitative estimate of drug-likeness (QED) is 0.286. The molecule has 1 aliphatic rings. The molecule has 1 aliphatic heterocycles. The number of rotatable bonds is 6. The van der Waals surface area contributed by atoms with Gasteiger partial charge >= 0.3 is 0 Å². The number of carbonyl (C=O) groups is 2. The molecular formula is C26H29N7O2. The van der Waals surface area contributed by atoms with Gasteiger partial charge in [0.1, 0.15) is 23.0 Å². The first-order valence-corrected chi connectivity index (χ1v) is 11.6. The molecule has 0 radical (unpaired) electrons. The Labute approximate surface area is 204 Å². The van der Waals surface area contributed by atoms with Crippen molar-refractivity contribution >= 4 is 34.4 Å². The third kappa shape index (κ3) is 5.55. The minimum Gasteiger partial charge on any atom is -0.344 e. The fourth-order valence-electron chi connectivity index (χ4n) is 3.84. The first-order chi connectivity index (χ1) is 16.8. The maximum Gasteiger partial charge on any atom is 0.264 e. The zero-order valence-electron chi connectivity index (χ0n) is 20.2. The predicted molar refractivity (Wildman–Crippen MR) is 134 cm³/mol. The molecule has 0 spiro atoms. The van der Waals surface area contributed by atoms with Crippen LogP contribution in [0.2, 0.25) is 0 Å². The number of anilines is 2. The van der Waals surface area contributed by atoms with Gasteiger partial charge in [0, 0.05) is 43.5 Å². The van der Waals surface area contributed by atoms with Crippen molar-refractivity contribution in [3.63, 3.8) is 0 Å². The Bertz CT molecular complexity index is 1300. The summed E-state index contributed by atoms with van der Waals surface area (Å²) in [6.07, 6.45) is 5.44. The molecule has 3 N–H and O–H groups in total. The van der Waals surface area contributed by atoms with Gasteiger partial charge in [-0.25, -0.2) is 9.97 Å². The summed E-state index contributed by atoms with van der Waals surface area (Å²) in [5.41, 5.74) is 3.05. The van der Waals surface area contributed by atoms with Crippen molar-refractivity contribution in [2.75, 3.05) is 31.5 Å². The Kier molecular flexibility index (Phi) is 6.94. The van der Waals surface area contributed by atoms with Crippen LogP contribution in [0.4, 0.5) is 11.5 Å². The number of Topliss-reactive ketones (excluding diaryl/α,β-unsaturated/α-hetero) is 1. The number of nitrogens with zero attached hydrogens (tertiary/aromatic N) is 4. The van der Waals surface area contributed by atoms with Crippen LogP contribution in [0.15, 0.2) is 48.3 Å². The number of carbonyl (C=O) groups excluding carboxylic acids is 2. The first-order valence-electron chi connectivity index (χ1n) is 11.6. The lowest BCUT2D eigenvalue weighted by molar-refractivity contribution is -0.127. The fourth-order valence-corrected chi connectivity index (χ4v) is 3.84. The number of nitriles is 1. The number of hydrogen-bond acceptors (Lipinski definition) is 7. The van der Waals surface area contributed by atoms with Crippen molar-refractivity contribution in [2.45, 2.75) is 27.2 Å². The minimum atomic E-state index is -0.522. The second kappa shape index (κ2) is 10.1. The van der Waals surface area contributed by atoms with Crippen LogP contribution in [0.3, 0.4) is 0 Å². The molecule has 1 aromatic carbocycles. The van der Waals surface area contributed by atoms with Crippen LogP contribution >= 0.6 is 0 Å². The number of fused-ring (bicyclic) bond motifs is 1. The Morgan fingerprint density at radius 1 is 1.20 bits per heavy atom. The van der Waals surface area contributed by atoms with Gasteiger partial charge < -0.3 is 20.5 Å². The van der Waals surface area contributed by atoms with E-state index in [0.29, 0.717) is 42.1 Å². The van der Waals surface area contributed by atoms with E-state index in [4.69, 9.17) is 0 Å². The van der Waals surface area contributed by atoms with Crippen LogP contribution in [0.5, 0.6) is 0 Å². The topological polar surface area (TPSA) is 127 Å². The summed E-state index contributed by atoms with van der Waals surface area (Å²) >= 11 is 0. The predicted octanol–water partition coefficient (Wildman–Crippen LogP) is 3.35. The van der Waals surface area contributed by atoms with Gasteiger partial charge in [0.05, 0.1) is 11.8 Å². The van der Waals surface area contributed by atoms with Crippen LogP contribution in [0.25, 0.3) is 11.2 Å². The van der Waals surface area contributed by atoms with Crippen LogP contribution in [0.1, 0.15) is 36.7 Å². The molecule has 180 valence electrons. The zero-order valence-corrected chi connectivity index (χ0v) is 20.2.